The van der Waals surface area contributed by atoms with Crippen LogP contribution in [0.25, 0.3) is 0 Å². The highest BCUT2D eigenvalue weighted by Crippen LogP contribution is 2.21. The zero-order valence-electron chi connectivity index (χ0n) is 13.1. The third kappa shape index (κ3) is 5.18. The number of hydrogen-bond donors (Lipinski definition) is 3. The van der Waals surface area contributed by atoms with E-state index in [1.54, 1.807) is 0 Å². The minimum Gasteiger partial charge on any atom is -0.394 e. The summed E-state index contributed by atoms with van der Waals surface area (Å²) >= 11 is 3.08. The van der Waals surface area contributed by atoms with Crippen LogP contribution in [-0.4, -0.2) is 40.6 Å². The van der Waals surface area contributed by atoms with Gasteiger partial charge in [-0.2, -0.15) is 0 Å². The molecule has 1 amide bonds. The maximum Gasteiger partial charge on any atom is 0.297 e. The molecule has 0 aliphatic rings. The molecule has 0 fully saturated rings. The number of nitrogens with zero attached hydrogens (tertiary/aromatic N) is 1. The van der Waals surface area contributed by atoms with Crippen LogP contribution in [0.4, 0.5) is 18.9 Å². The average molecular weight is 435 g/mol. The predicted molar refractivity (Wildman–Crippen MR) is 89.3 cm³/mol. The van der Waals surface area contributed by atoms with E-state index in [4.69, 9.17) is 9.94 Å². The van der Waals surface area contributed by atoms with Crippen LogP contribution in [0, 0.1) is 17.5 Å². The molecule has 3 N–H and O–H groups in total. The lowest BCUT2D eigenvalue weighted by Gasteiger charge is -2.24. The number of benzene rings is 2. The van der Waals surface area contributed by atoms with Gasteiger partial charge in [-0.3, -0.25) is 10.2 Å². The Bertz CT molecular complexity index is 794. The number of hydroxylamine groups is 1. The molecule has 2 rings (SSSR count). The summed E-state index contributed by atoms with van der Waals surface area (Å²) in [6, 6.07) is 6.34. The maximum absolute atomic E-state index is 14.0. The van der Waals surface area contributed by atoms with Gasteiger partial charge in [0.15, 0.2) is 11.6 Å². The monoisotopic (exact) mass is 434 g/mol. The summed E-state index contributed by atoms with van der Waals surface area (Å²) < 4.78 is 40.8. The van der Waals surface area contributed by atoms with Gasteiger partial charge in [-0.15, -0.1) is 5.17 Å². The van der Waals surface area contributed by atoms with Crippen molar-refractivity contribution in [1.82, 2.24) is 5.17 Å². The van der Waals surface area contributed by atoms with Gasteiger partial charge in [-0.1, -0.05) is 15.9 Å². The van der Waals surface area contributed by atoms with E-state index in [-0.39, 0.29) is 11.3 Å². The Labute approximate surface area is 154 Å². The lowest BCUT2D eigenvalue weighted by atomic mass is 10.2. The highest BCUT2D eigenvalue weighted by molar-refractivity contribution is 9.10. The number of aliphatic hydroxyl groups is 2. The number of aliphatic hydroxyl groups excluding tert-OH is 2. The van der Waals surface area contributed by atoms with Crippen molar-refractivity contribution in [2.75, 3.05) is 18.6 Å². The van der Waals surface area contributed by atoms with E-state index in [0.29, 0.717) is 15.7 Å². The standard InChI is InChI=1S/C16H14BrF3N2O4/c17-10-2-4-15(14(20)6-10)21-22(26-8-11(24)7-23)16(25)9-1-3-12(18)13(19)5-9/h1-6,11,21,23-24H,7-8H2/t11-/m1/s1. The normalized spacial score (nSPS) is 11.9. The van der Waals surface area contributed by atoms with Crippen LogP contribution in [0.3, 0.4) is 0 Å². The number of hydrazine groups is 1. The minimum absolute atomic E-state index is 0.150. The van der Waals surface area contributed by atoms with Crippen molar-refractivity contribution < 1.29 is 33.0 Å². The van der Waals surface area contributed by atoms with Gasteiger partial charge in [0.2, 0.25) is 0 Å². The molecule has 6 nitrogen and oxygen atoms in total. The summed E-state index contributed by atoms with van der Waals surface area (Å²) in [5.41, 5.74) is 1.91. The number of carbonyl (C=O) groups excluding carboxylic acids is 1. The maximum atomic E-state index is 14.0. The van der Waals surface area contributed by atoms with Crippen LogP contribution in [0.15, 0.2) is 40.9 Å². The van der Waals surface area contributed by atoms with Gasteiger partial charge in [-0.05, 0) is 36.4 Å². The van der Waals surface area contributed by atoms with Gasteiger partial charge < -0.3 is 10.2 Å². The molecule has 26 heavy (non-hydrogen) atoms. The number of carbonyl (C=O) groups is 1. The van der Waals surface area contributed by atoms with Gasteiger partial charge in [0.05, 0.1) is 12.3 Å². The van der Waals surface area contributed by atoms with Crippen molar-refractivity contribution in [2.45, 2.75) is 6.10 Å². The quantitative estimate of drug-likeness (QED) is 0.583. The molecule has 0 aliphatic heterocycles. The fourth-order valence-corrected chi connectivity index (χ4v) is 2.12. The molecule has 1 atom stereocenters. The van der Waals surface area contributed by atoms with Crippen LogP contribution in [0.1, 0.15) is 10.4 Å². The number of anilines is 1. The SMILES string of the molecule is O=C(c1ccc(F)c(F)c1)N(Nc1ccc(Br)cc1F)OC[C@H](O)CO. The molecule has 140 valence electrons. The molecular weight excluding hydrogens is 421 g/mol. The van der Waals surface area contributed by atoms with Crippen LogP contribution in [0.5, 0.6) is 0 Å². The fourth-order valence-electron chi connectivity index (χ4n) is 1.79. The van der Waals surface area contributed by atoms with Crippen LogP contribution in [0.2, 0.25) is 0 Å². The lowest BCUT2D eigenvalue weighted by molar-refractivity contribution is -0.136. The Morgan fingerprint density at radius 2 is 1.88 bits per heavy atom. The number of rotatable bonds is 7. The Kier molecular flexibility index (Phi) is 6.98. The van der Waals surface area contributed by atoms with Crippen molar-refractivity contribution in [1.29, 1.82) is 0 Å². The first kappa shape index (κ1) is 20.2. The van der Waals surface area contributed by atoms with Crippen LogP contribution < -0.4 is 5.43 Å². The van der Waals surface area contributed by atoms with E-state index >= 15 is 0 Å². The first-order valence-electron chi connectivity index (χ1n) is 7.25. The molecule has 0 saturated heterocycles. The molecule has 10 heteroatoms. The Balaban J connectivity index is 2.26. The Morgan fingerprint density at radius 3 is 2.50 bits per heavy atom. The second-order valence-corrected chi connectivity index (χ2v) is 6.01. The largest absolute Gasteiger partial charge is 0.394 e. The van der Waals surface area contributed by atoms with Crippen molar-refractivity contribution in [2.24, 2.45) is 0 Å². The van der Waals surface area contributed by atoms with Gasteiger partial charge in [0.25, 0.3) is 5.91 Å². The second-order valence-electron chi connectivity index (χ2n) is 5.10. The highest BCUT2D eigenvalue weighted by Gasteiger charge is 2.21. The zero-order chi connectivity index (χ0) is 19.3. The van der Waals surface area contributed by atoms with Crippen molar-refractivity contribution in [3.63, 3.8) is 0 Å². The predicted octanol–water partition coefficient (Wildman–Crippen LogP) is 2.62. The number of hydrogen-bond acceptors (Lipinski definition) is 5. The Morgan fingerprint density at radius 1 is 1.15 bits per heavy atom. The van der Waals surface area contributed by atoms with E-state index in [0.717, 1.165) is 18.2 Å². The minimum atomic E-state index is -1.31. The smallest absolute Gasteiger partial charge is 0.297 e. The third-order valence-electron chi connectivity index (χ3n) is 3.11. The zero-order valence-corrected chi connectivity index (χ0v) is 14.7. The fraction of sp³-hybridized carbons (Fsp3) is 0.188. The van der Waals surface area contributed by atoms with Crippen LogP contribution >= 0.6 is 15.9 Å². The van der Waals surface area contributed by atoms with E-state index in [9.17, 15) is 23.1 Å². The average Bonchev–Trinajstić information content (AvgIpc) is 2.61. The summed E-state index contributed by atoms with van der Waals surface area (Å²) in [6.07, 6.45) is -1.31. The molecule has 0 heterocycles. The number of halogens is 4. The van der Waals surface area contributed by atoms with Gasteiger partial charge in [0.1, 0.15) is 18.5 Å². The molecule has 0 spiro atoms. The summed E-state index contributed by atoms with van der Waals surface area (Å²) in [6.45, 7) is -1.16. The van der Waals surface area contributed by atoms with E-state index in [1.807, 2.05) is 0 Å². The second kappa shape index (κ2) is 8.99. The first-order chi connectivity index (χ1) is 12.3. The van der Waals surface area contributed by atoms with Gasteiger partial charge >= 0.3 is 0 Å². The van der Waals surface area contributed by atoms with E-state index < -0.39 is 42.7 Å². The molecule has 0 aliphatic carbocycles. The van der Waals surface area contributed by atoms with Gasteiger partial charge in [0, 0.05) is 10.0 Å². The molecule has 0 unspecified atom stereocenters. The highest BCUT2D eigenvalue weighted by atomic mass is 79.9. The van der Waals surface area contributed by atoms with Crippen LogP contribution in [-0.2, 0) is 4.84 Å². The molecule has 0 saturated carbocycles. The van der Waals surface area contributed by atoms with Crippen molar-refractivity contribution >= 4 is 27.5 Å². The first-order valence-corrected chi connectivity index (χ1v) is 8.04. The summed E-state index contributed by atoms with van der Waals surface area (Å²) in [4.78, 5) is 17.5. The molecule has 0 aromatic heterocycles. The third-order valence-corrected chi connectivity index (χ3v) is 3.60. The van der Waals surface area contributed by atoms with Crippen molar-refractivity contribution in [3.8, 4) is 0 Å². The molecular formula is C16H14BrF3N2O4. The summed E-state index contributed by atoms with van der Waals surface area (Å²) in [7, 11) is 0. The number of nitrogens with one attached hydrogen (secondary N) is 1. The molecule has 0 radical (unpaired) electrons. The van der Waals surface area contributed by atoms with Gasteiger partial charge in [-0.25, -0.2) is 18.0 Å². The summed E-state index contributed by atoms with van der Waals surface area (Å²) in [5, 5.41) is 18.6. The number of amides is 1. The molecule has 2 aromatic carbocycles. The molecule has 0 bridgehead atoms. The lowest BCUT2D eigenvalue weighted by Crippen LogP contribution is -2.39. The van der Waals surface area contributed by atoms with E-state index in [1.165, 1.54) is 12.1 Å². The topological polar surface area (TPSA) is 82.0 Å². The molecule has 2 aromatic rings. The van der Waals surface area contributed by atoms with Crippen molar-refractivity contribution in [3.05, 3.63) is 63.9 Å². The van der Waals surface area contributed by atoms with E-state index in [2.05, 4.69) is 21.4 Å². The Hall–Kier alpha value is -2.14. The summed E-state index contributed by atoms with van der Waals surface area (Å²) in [5.74, 6) is -4.09.